The number of alkyl halides is 1. The first-order valence-corrected chi connectivity index (χ1v) is 8.17. The van der Waals surface area contributed by atoms with Crippen LogP contribution in [0.25, 0.3) is 0 Å². The highest BCUT2D eigenvalue weighted by Gasteiger charge is 2.14. The Balaban J connectivity index is 2.71. The highest BCUT2D eigenvalue weighted by atomic mass is 79.9. The zero-order chi connectivity index (χ0) is 12.7. The van der Waals surface area contributed by atoms with Crippen LogP contribution in [0.4, 0.5) is 0 Å². The van der Waals surface area contributed by atoms with Gasteiger partial charge in [0, 0.05) is 28.9 Å². The van der Waals surface area contributed by atoms with Crippen molar-refractivity contribution in [1.82, 2.24) is 4.90 Å². The molecule has 96 valence electrons. The minimum absolute atomic E-state index is 0.687. The number of rotatable bonds is 7. The number of benzene rings is 1. The summed E-state index contributed by atoms with van der Waals surface area (Å²) in [6, 6.07) is 9.29. The van der Waals surface area contributed by atoms with Gasteiger partial charge in [0.15, 0.2) is 0 Å². The van der Waals surface area contributed by atoms with Crippen molar-refractivity contribution in [3.8, 4) is 0 Å². The van der Waals surface area contributed by atoms with Crippen LogP contribution in [0.3, 0.4) is 0 Å². The normalized spacial score (nSPS) is 11.4. The van der Waals surface area contributed by atoms with Gasteiger partial charge in [0.25, 0.3) is 0 Å². The topological polar surface area (TPSA) is 3.24 Å². The van der Waals surface area contributed by atoms with E-state index in [2.05, 4.69) is 74.9 Å². The average molecular weight is 363 g/mol. The summed E-state index contributed by atoms with van der Waals surface area (Å²) in [4.78, 5) is 2.57. The van der Waals surface area contributed by atoms with Crippen LogP contribution in [0.1, 0.15) is 32.3 Å². The molecule has 0 aliphatic rings. The Labute approximate surface area is 122 Å². The van der Waals surface area contributed by atoms with Gasteiger partial charge in [-0.2, -0.15) is 0 Å². The number of halogens is 2. The predicted molar refractivity (Wildman–Crippen MR) is 82.7 cm³/mol. The van der Waals surface area contributed by atoms with Crippen molar-refractivity contribution in [3.05, 3.63) is 34.3 Å². The molecule has 0 heterocycles. The van der Waals surface area contributed by atoms with Crippen LogP contribution in [0.15, 0.2) is 28.7 Å². The van der Waals surface area contributed by atoms with E-state index in [4.69, 9.17) is 0 Å². The Hall–Kier alpha value is 0.140. The quantitative estimate of drug-likeness (QED) is 0.627. The van der Waals surface area contributed by atoms with E-state index in [0.717, 1.165) is 18.4 Å². The van der Waals surface area contributed by atoms with E-state index in [0.29, 0.717) is 6.04 Å². The Morgan fingerprint density at radius 2 is 1.94 bits per heavy atom. The maximum Gasteiger partial charge on any atom is 0.0237 e. The third kappa shape index (κ3) is 5.11. The minimum Gasteiger partial charge on any atom is -0.295 e. The van der Waals surface area contributed by atoms with Crippen molar-refractivity contribution in [1.29, 1.82) is 0 Å². The van der Waals surface area contributed by atoms with Gasteiger partial charge in [0.1, 0.15) is 0 Å². The van der Waals surface area contributed by atoms with Crippen LogP contribution in [0.5, 0.6) is 0 Å². The molecule has 1 aromatic carbocycles. The Bertz CT molecular complexity index is 324. The van der Waals surface area contributed by atoms with E-state index in [1.165, 1.54) is 22.9 Å². The van der Waals surface area contributed by atoms with E-state index < -0.39 is 0 Å². The van der Waals surface area contributed by atoms with Gasteiger partial charge in [0.2, 0.25) is 0 Å². The summed E-state index contributed by atoms with van der Waals surface area (Å²) < 4.78 is 1.17. The molecule has 0 spiro atoms. The van der Waals surface area contributed by atoms with Crippen molar-refractivity contribution in [2.24, 2.45) is 0 Å². The van der Waals surface area contributed by atoms with Crippen LogP contribution in [-0.2, 0) is 6.54 Å². The molecule has 17 heavy (non-hydrogen) atoms. The Morgan fingerprint density at radius 1 is 1.24 bits per heavy atom. The third-order valence-corrected chi connectivity index (χ3v) is 3.95. The predicted octanol–water partition coefficient (Wildman–Crippen LogP) is 4.83. The molecule has 0 N–H and O–H groups in total. The van der Waals surface area contributed by atoms with Crippen LogP contribution >= 0.6 is 31.9 Å². The van der Waals surface area contributed by atoms with Crippen LogP contribution in [-0.4, -0.2) is 22.8 Å². The molecular weight excluding hydrogens is 342 g/mol. The van der Waals surface area contributed by atoms with Gasteiger partial charge in [-0.25, -0.2) is 0 Å². The smallest absolute Gasteiger partial charge is 0.0237 e. The molecule has 0 aliphatic heterocycles. The van der Waals surface area contributed by atoms with Crippen LogP contribution in [0, 0.1) is 0 Å². The van der Waals surface area contributed by atoms with E-state index in [9.17, 15) is 0 Å². The molecule has 1 aromatic rings. The summed E-state index contributed by atoms with van der Waals surface area (Å²) >= 11 is 7.09. The van der Waals surface area contributed by atoms with Crippen molar-refractivity contribution in [2.45, 2.75) is 39.3 Å². The van der Waals surface area contributed by atoms with Crippen molar-refractivity contribution < 1.29 is 0 Å². The molecule has 0 saturated carbocycles. The molecule has 1 nitrogen and oxygen atoms in total. The van der Waals surface area contributed by atoms with Crippen molar-refractivity contribution in [2.75, 3.05) is 11.9 Å². The SMILES string of the molecule is CCC(CC)N(CCBr)Cc1cccc(Br)c1. The fourth-order valence-corrected chi connectivity index (χ4v) is 3.08. The fraction of sp³-hybridized carbons (Fsp3) is 0.571. The second-order valence-electron chi connectivity index (χ2n) is 4.26. The molecule has 0 radical (unpaired) electrons. The second kappa shape index (κ2) is 8.28. The summed E-state index contributed by atoms with van der Waals surface area (Å²) in [5.41, 5.74) is 1.38. The van der Waals surface area contributed by atoms with Gasteiger partial charge in [-0.3, -0.25) is 4.90 Å². The largest absolute Gasteiger partial charge is 0.295 e. The first-order valence-electron chi connectivity index (χ1n) is 6.25. The number of hydrogen-bond donors (Lipinski definition) is 0. The summed E-state index contributed by atoms with van der Waals surface area (Å²) in [5, 5.41) is 1.04. The first-order chi connectivity index (χ1) is 8.21. The highest BCUT2D eigenvalue weighted by molar-refractivity contribution is 9.10. The molecule has 3 heteroatoms. The number of hydrogen-bond acceptors (Lipinski definition) is 1. The first kappa shape index (κ1) is 15.2. The zero-order valence-electron chi connectivity index (χ0n) is 10.6. The minimum atomic E-state index is 0.687. The lowest BCUT2D eigenvalue weighted by Gasteiger charge is -2.30. The number of nitrogens with zero attached hydrogens (tertiary/aromatic N) is 1. The lowest BCUT2D eigenvalue weighted by Crippen LogP contribution is -2.35. The van der Waals surface area contributed by atoms with E-state index in [1.807, 2.05) is 0 Å². The van der Waals surface area contributed by atoms with Gasteiger partial charge in [-0.15, -0.1) is 0 Å². The van der Waals surface area contributed by atoms with Crippen molar-refractivity contribution in [3.63, 3.8) is 0 Å². The van der Waals surface area contributed by atoms with Gasteiger partial charge in [0.05, 0.1) is 0 Å². The standard InChI is InChI=1S/C14H21Br2N/c1-3-14(4-2)17(9-8-15)11-12-6-5-7-13(16)10-12/h5-7,10,14H,3-4,8-9,11H2,1-2H3. The lowest BCUT2D eigenvalue weighted by molar-refractivity contribution is 0.189. The van der Waals surface area contributed by atoms with E-state index in [-0.39, 0.29) is 0 Å². The highest BCUT2D eigenvalue weighted by Crippen LogP contribution is 2.17. The van der Waals surface area contributed by atoms with Crippen LogP contribution < -0.4 is 0 Å². The molecule has 0 aromatic heterocycles. The maximum absolute atomic E-state index is 3.55. The maximum atomic E-state index is 3.55. The molecular formula is C14H21Br2N. The van der Waals surface area contributed by atoms with Crippen LogP contribution in [0.2, 0.25) is 0 Å². The van der Waals surface area contributed by atoms with Crippen molar-refractivity contribution >= 4 is 31.9 Å². The monoisotopic (exact) mass is 361 g/mol. The molecule has 0 saturated heterocycles. The third-order valence-electron chi connectivity index (χ3n) is 3.11. The molecule has 0 atom stereocenters. The van der Waals surface area contributed by atoms with Gasteiger partial charge < -0.3 is 0 Å². The average Bonchev–Trinajstić information content (AvgIpc) is 2.31. The Morgan fingerprint density at radius 3 is 2.47 bits per heavy atom. The van der Waals surface area contributed by atoms with Gasteiger partial charge >= 0.3 is 0 Å². The second-order valence-corrected chi connectivity index (χ2v) is 5.97. The zero-order valence-corrected chi connectivity index (χ0v) is 13.8. The molecule has 0 fully saturated rings. The molecule has 0 aliphatic carbocycles. The Kier molecular flexibility index (Phi) is 7.40. The molecule has 1 rings (SSSR count). The summed E-state index contributed by atoms with van der Waals surface area (Å²) in [5.74, 6) is 0. The molecule has 0 bridgehead atoms. The summed E-state index contributed by atoms with van der Waals surface area (Å²) in [7, 11) is 0. The van der Waals surface area contributed by atoms with E-state index >= 15 is 0 Å². The van der Waals surface area contributed by atoms with Gasteiger partial charge in [-0.1, -0.05) is 57.8 Å². The molecule has 0 amide bonds. The fourth-order valence-electron chi connectivity index (χ4n) is 2.17. The lowest BCUT2D eigenvalue weighted by atomic mass is 10.1. The summed E-state index contributed by atoms with van der Waals surface area (Å²) in [6.45, 7) is 6.70. The molecule has 0 unspecified atom stereocenters. The summed E-state index contributed by atoms with van der Waals surface area (Å²) in [6.07, 6.45) is 2.44. The van der Waals surface area contributed by atoms with Gasteiger partial charge in [-0.05, 0) is 30.5 Å². The van der Waals surface area contributed by atoms with E-state index in [1.54, 1.807) is 0 Å².